The fourth-order valence-electron chi connectivity index (χ4n) is 6.39. The Hall–Kier alpha value is -5.43. The predicted molar refractivity (Wildman–Crippen MR) is 200 cm³/mol. The lowest BCUT2D eigenvalue weighted by molar-refractivity contribution is 0.468. The van der Waals surface area contributed by atoms with Crippen LogP contribution in [0.2, 0.25) is 0 Å². The van der Waals surface area contributed by atoms with Crippen molar-refractivity contribution in [2.45, 2.75) is 13.8 Å². The third kappa shape index (κ3) is 5.22. The molecule has 1 unspecified atom stereocenters. The van der Waals surface area contributed by atoms with Crippen LogP contribution in [0.5, 0.6) is 23.0 Å². The average Bonchev–Trinajstić information content (AvgIpc) is 3.15. The van der Waals surface area contributed by atoms with Crippen molar-refractivity contribution in [2.75, 3.05) is 0 Å². The number of hydrogen-bond acceptors (Lipinski definition) is 2. The van der Waals surface area contributed by atoms with E-state index in [0.29, 0.717) is 0 Å². The lowest BCUT2D eigenvalue weighted by atomic mass is 9.98. The molecule has 2 heterocycles. The first-order chi connectivity index (χ1) is 23.2. The smallest absolute Gasteiger partial charge is 0.147 e. The third-order valence-electron chi connectivity index (χ3n) is 8.76. The molecule has 0 amide bonds. The molecule has 0 saturated carbocycles. The summed E-state index contributed by atoms with van der Waals surface area (Å²) >= 11 is 0. The summed E-state index contributed by atoms with van der Waals surface area (Å²) in [5.41, 5.74) is 6.92. The van der Waals surface area contributed by atoms with Crippen molar-refractivity contribution in [1.82, 2.24) is 0 Å². The normalized spacial score (nSPS) is 13.8. The Bertz CT molecular complexity index is 2270. The van der Waals surface area contributed by atoms with Crippen molar-refractivity contribution < 1.29 is 9.47 Å². The molecular weight excluding hydrogens is 591 g/mol. The van der Waals surface area contributed by atoms with Crippen LogP contribution in [-0.2, 0) is 0 Å². The van der Waals surface area contributed by atoms with Gasteiger partial charge in [-0.25, -0.2) is 0 Å². The van der Waals surface area contributed by atoms with Gasteiger partial charge in [0.15, 0.2) is 0 Å². The highest BCUT2D eigenvalue weighted by Crippen LogP contribution is 2.56. The van der Waals surface area contributed by atoms with Crippen LogP contribution < -0.4 is 25.4 Å². The highest BCUT2D eigenvalue weighted by atomic mass is 31.1. The molecule has 3 heteroatoms. The molecule has 0 spiro atoms. The fourth-order valence-corrected chi connectivity index (χ4v) is 9.15. The van der Waals surface area contributed by atoms with Gasteiger partial charge in [-0.2, -0.15) is 0 Å². The molecule has 9 rings (SSSR count). The second kappa shape index (κ2) is 12.4. The van der Waals surface area contributed by atoms with Gasteiger partial charge >= 0.3 is 0 Å². The molecule has 47 heavy (non-hydrogen) atoms. The number of hydrogen-bond donors (Lipinski definition) is 0. The summed E-state index contributed by atoms with van der Waals surface area (Å²) in [6.07, 6.45) is 4.00. The van der Waals surface area contributed by atoms with Crippen molar-refractivity contribution in [3.63, 3.8) is 0 Å². The van der Waals surface area contributed by atoms with E-state index in [-0.39, 0.29) is 0 Å². The van der Waals surface area contributed by atoms with Gasteiger partial charge in [0, 0.05) is 24.1 Å². The zero-order chi connectivity index (χ0) is 31.7. The van der Waals surface area contributed by atoms with Gasteiger partial charge in [0.2, 0.25) is 0 Å². The number of ether oxygens (including phenoxy) is 2. The fraction of sp³-hybridized carbons (Fsp3) is 0.0455. The molecule has 0 aliphatic carbocycles. The zero-order valence-electron chi connectivity index (χ0n) is 26.4. The molecule has 2 aliphatic heterocycles. The van der Waals surface area contributed by atoms with Crippen molar-refractivity contribution in [3.05, 3.63) is 164 Å². The lowest BCUT2D eigenvalue weighted by Gasteiger charge is -2.36. The molecular formula is C44H33O2P. The quantitative estimate of drug-likeness (QED) is 0.144. The van der Waals surface area contributed by atoms with Crippen molar-refractivity contribution in [1.29, 1.82) is 0 Å². The topological polar surface area (TPSA) is 18.5 Å². The number of fused-ring (bicyclic) bond motifs is 6. The van der Waals surface area contributed by atoms with Gasteiger partial charge in [-0.05, 0) is 88.8 Å². The van der Waals surface area contributed by atoms with E-state index >= 15 is 0 Å². The van der Waals surface area contributed by atoms with Gasteiger partial charge < -0.3 is 9.47 Å². The van der Waals surface area contributed by atoms with Crippen LogP contribution in [0.3, 0.4) is 0 Å². The summed E-state index contributed by atoms with van der Waals surface area (Å²) in [5.74, 6) is 3.62. The third-order valence-corrected chi connectivity index (χ3v) is 11.4. The Morgan fingerprint density at radius 3 is 1.81 bits per heavy atom. The molecule has 2 nitrogen and oxygen atoms in total. The maximum atomic E-state index is 6.91. The van der Waals surface area contributed by atoms with Crippen LogP contribution >= 0.6 is 7.92 Å². The zero-order valence-corrected chi connectivity index (χ0v) is 27.2. The molecule has 7 aromatic rings. The predicted octanol–water partition coefficient (Wildman–Crippen LogP) is 11.4. The Morgan fingerprint density at radius 2 is 1.06 bits per heavy atom. The Labute approximate surface area is 277 Å². The first kappa shape index (κ1) is 29.0. The van der Waals surface area contributed by atoms with Gasteiger partial charge in [0.25, 0.3) is 0 Å². The minimum absolute atomic E-state index is 0.875. The minimum atomic E-state index is -0.940. The number of allylic oxidation sites excluding steroid dienone is 2. The largest absolute Gasteiger partial charge is 0.456 e. The average molecular weight is 625 g/mol. The molecule has 0 radical (unpaired) electrons. The van der Waals surface area contributed by atoms with Crippen molar-refractivity contribution >= 4 is 34.6 Å². The van der Waals surface area contributed by atoms with Crippen LogP contribution in [0.15, 0.2) is 164 Å². The van der Waals surface area contributed by atoms with Crippen molar-refractivity contribution in [2.24, 2.45) is 0 Å². The molecule has 0 aromatic heterocycles. The van der Waals surface area contributed by atoms with Crippen LogP contribution in [0, 0.1) is 0 Å². The van der Waals surface area contributed by atoms with Crippen LogP contribution in [-0.4, -0.2) is 0 Å². The Kier molecular flexibility index (Phi) is 7.65. The maximum Gasteiger partial charge on any atom is 0.147 e. The highest BCUT2D eigenvalue weighted by molar-refractivity contribution is 7.81. The Balaban J connectivity index is 0.000000769. The minimum Gasteiger partial charge on any atom is -0.456 e. The molecule has 2 aliphatic rings. The SMILES string of the molecule is C/C=C\C.c1ccc(-c2cccc(-c3ccc4c5c3Oc3ccc6ccccc6c3P5c3ccc(-c5ccccc5)cc3O4)c2)cc1. The van der Waals surface area contributed by atoms with Crippen LogP contribution in [0.25, 0.3) is 44.2 Å². The second-order valence-corrected chi connectivity index (χ2v) is 13.7. The van der Waals surface area contributed by atoms with Gasteiger partial charge in [-0.3, -0.25) is 0 Å². The molecule has 0 fully saturated rings. The highest BCUT2D eigenvalue weighted by Gasteiger charge is 2.39. The van der Waals surface area contributed by atoms with E-state index in [9.17, 15) is 0 Å². The molecule has 226 valence electrons. The molecule has 7 aromatic carbocycles. The van der Waals surface area contributed by atoms with E-state index in [4.69, 9.17) is 9.47 Å². The van der Waals surface area contributed by atoms with Gasteiger partial charge in [0.05, 0.1) is 5.30 Å². The van der Waals surface area contributed by atoms with Gasteiger partial charge in [-0.1, -0.05) is 127 Å². The summed E-state index contributed by atoms with van der Waals surface area (Å²) in [7, 11) is -0.940. The van der Waals surface area contributed by atoms with E-state index in [0.717, 1.165) is 45.0 Å². The van der Waals surface area contributed by atoms with Crippen LogP contribution in [0.1, 0.15) is 13.8 Å². The molecule has 0 N–H and O–H groups in total. The first-order valence-electron chi connectivity index (χ1n) is 16.0. The summed E-state index contributed by atoms with van der Waals surface area (Å²) < 4.78 is 13.6. The monoisotopic (exact) mass is 624 g/mol. The number of benzene rings is 7. The molecule has 0 saturated heterocycles. The second-order valence-electron chi connectivity index (χ2n) is 11.6. The summed E-state index contributed by atoms with van der Waals surface area (Å²) in [5, 5.41) is 6.09. The summed E-state index contributed by atoms with van der Waals surface area (Å²) in [4.78, 5) is 0. The van der Waals surface area contributed by atoms with Gasteiger partial charge in [0.1, 0.15) is 23.0 Å². The lowest BCUT2D eigenvalue weighted by Crippen LogP contribution is -2.32. The molecule has 0 bridgehead atoms. The van der Waals surface area contributed by atoms with Crippen molar-refractivity contribution in [3.8, 4) is 56.4 Å². The summed E-state index contributed by atoms with van der Waals surface area (Å²) in [6.45, 7) is 4.00. The van der Waals surface area contributed by atoms with E-state index in [1.165, 1.54) is 38.1 Å². The van der Waals surface area contributed by atoms with Crippen LogP contribution in [0.4, 0.5) is 0 Å². The maximum absolute atomic E-state index is 6.91. The van der Waals surface area contributed by atoms with Gasteiger partial charge in [-0.15, -0.1) is 0 Å². The summed E-state index contributed by atoms with van der Waals surface area (Å²) in [6, 6.07) is 53.7. The van der Waals surface area contributed by atoms with E-state index in [1.807, 2.05) is 26.0 Å². The van der Waals surface area contributed by atoms with E-state index < -0.39 is 7.92 Å². The van der Waals surface area contributed by atoms with E-state index in [1.54, 1.807) is 0 Å². The molecule has 1 atom stereocenters. The first-order valence-corrected chi connectivity index (χ1v) is 17.3. The van der Waals surface area contributed by atoms with E-state index in [2.05, 4.69) is 152 Å². The number of rotatable bonds is 3. The standard InChI is InChI=1S/C40H25O2P.C4H8/c1-3-10-26(11-4-1)29-15-9-16-31(24-29)32-20-22-35-40-38(32)42-34-21-18-28-14-7-8-17-33(28)39(34)43(40)37-23-19-30(25-36(37)41-35)27-12-5-2-6-13-27;1-3-4-2/h1-25H;3-4H,1-2H3/b;4-3-. The Morgan fingerprint density at radius 1 is 0.447 bits per heavy atom.